The number of rotatable bonds is 7. The van der Waals surface area contributed by atoms with Crippen LogP contribution in [-0.2, 0) is 11.3 Å². The third-order valence-corrected chi connectivity index (χ3v) is 4.66. The molecule has 0 spiro atoms. The third-order valence-electron chi connectivity index (χ3n) is 4.66. The fraction of sp³-hybridized carbons (Fsp3) is 0.300. The minimum atomic E-state index is 0. The predicted molar refractivity (Wildman–Crippen MR) is 114 cm³/mol. The zero-order valence-corrected chi connectivity index (χ0v) is 17.2. The van der Waals surface area contributed by atoms with Crippen molar-refractivity contribution in [3.05, 3.63) is 47.9 Å². The van der Waals surface area contributed by atoms with Crippen LogP contribution in [-0.4, -0.2) is 46.5 Å². The highest BCUT2D eigenvalue weighted by molar-refractivity contribution is 5.85. The van der Waals surface area contributed by atoms with Crippen LogP contribution >= 0.6 is 12.4 Å². The van der Waals surface area contributed by atoms with Gasteiger partial charge in [-0.3, -0.25) is 5.10 Å². The Morgan fingerprint density at radius 3 is 2.83 bits per heavy atom. The Balaban J connectivity index is 0.00000256. The number of benzene rings is 1. The summed E-state index contributed by atoms with van der Waals surface area (Å²) in [4.78, 5) is 8.11. The van der Waals surface area contributed by atoms with Crippen LogP contribution in [0.1, 0.15) is 17.7 Å². The third kappa shape index (κ3) is 5.04. The molecule has 0 amide bonds. The van der Waals surface area contributed by atoms with Gasteiger partial charge in [-0.05, 0) is 30.7 Å². The second-order valence-corrected chi connectivity index (χ2v) is 6.65. The number of aromatic nitrogens is 4. The Morgan fingerprint density at radius 2 is 2.13 bits per heavy atom. The minimum absolute atomic E-state index is 0. The van der Waals surface area contributed by atoms with Gasteiger partial charge in [0.25, 0.3) is 0 Å². The predicted octanol–water partition coefficient (Wildman–Crippen LogP) is 2.79. The normalized spacial score (nSPS) is 15.3. The second kappa shape index (κ2) is 10.0. The summed E-state index contributed by atoms with van der Waals surface area (Å²) in [6, 6.07) is 9.80. The zero-order chi connectivity index (χ0) is 20.1. The lowest BCUT2D eigenvalue weighted by molar-refractivity contribution is 0.0541. The lowest BCUT2D eigenvalue weighted by Crippen LogP contribution is -2.16. The van der Waals surface area contributed by atoms with Gasteiger partial charge < -0.3 is 20.1 Å². The van der Waals surface area contributed by atoms with Gasteiger partial charge in [0.05, 0.1) is 37.9 Å². The highest BCUT2D eigenvalue weighted by atomic mass is 35.5. The van der Waals surface area contributed by atoms with E-state index in [1.54, 1.807) is 7.11 Å². The van der Waals surface area contributed by atoms with E-state index in [2.05, 4.69) is 30.8 Å². The molecule has 1 saturated heterocycles. The van der Waals surface area contributed by atoms with Crippen molar-refractivity contribution in [2.45, 2.75) is 19.1 Å². The Labute approximate surface area is 180 Å². The summed E-state index contributed by atoms with van der Waals surface area (Å²) in [6.07, 6.45) is 4.21. The van der Waals surface area contributed by atoms with Gasteiger partial charge in [-0.15, -0.1) is 12.4 Å². The number of ether oxygens (including phenoxy) is 2. The minimum Gasteiger partial charge on any atom is -0.496 e. The number of methoxy groups -OCH3 is 1. The van der Waals surface area contributed by atoms with Crippen LogP contribution in [0.25, 0.3) is 11.3 Å². The molecule has 0 unspecified atom stereocenters. The first-order chi connectivity index (χ1) is 14.2. The van der Waals surface area contributed by atoms with E-state index < -0.39 is 0 Å². The van der Waals surface area contributed by atoms with Crippen molar-refractivity contribution in [2.24, 2.45) is 0 Å². The molecule has 3 aromatic rings. The van der Waals surface area contributed by atoms with Crippen molar-refractivity contribution in [1.29, 1.82) is 5.26 Å². The van der Waals surface area contributed by atoms with Crippen molar-refractivity contribution in [1.82, 2.24) is 25.5 Å². The first-order valence-electron chi connectivity index (χ1n) is 9.29. The molecule has 0 saturated carbocycles. The summed E-state index contributed by atoms with van der Waals surface area (Å²) in [5.74, 6) is 1.83. The molecular formula is C20H22ClN7O2. The summed E-state index contributed by atoms with van der Waals surface area (Å²) < 4.78 is 11.5. The molecule has 0 aliphatic carbocycles. The highest BCUT2D eigenvalue weighted by Crippen LogP contribution is 2.31. The first-order valence-corrected chi connectivity index (χ1v) is 9.29. The maximum Gasteiger partial charge on any atom is 0.158 e. The molecule has 0 bridgehead atoms. The van der Waals surface area contributed by atoms with Gasteiger partial charge in [0.1, 0.15) is 17.6 Å². The molecule has 4 rings (SSSR count). The number of halogens is 1. The molecule has 2 aromatic heterocycles. The molecule has 1 fully saturated rings. The molecule has 3 N–H and O–H groups in total. The van der Waals surface area contributed by atoms with Gasteiger partial charge in [-0.2, -0.15) is 10.4 Å². The lowest BCUT2D eigenvalue weighted by atomic mass is 10.1. The van der Waals surface area contributed by atoms with Crippen LogP contribution in [0.3, 0.4) is 0 Å². The number of hydrogen-bond donors (Lipinski definition) is 3. The molecule has 10 heteroatoms. The lowest BCUT2D eigenvalue weighted by Gasteiger charge is -2.13. The number of anilines is 2. The van der Waals surface area contributed by atoms with Gasteiger partial charge in [-0.25, -0.2) is 9.97 Å². The summed E-state index contributed by atoms with van der Waals surface area (Å²) in [7, 11) is 1.65. The molecule has 3 heterocycles. The number of aromatic amines is 1. The molecule has 156 valence electrons. The van der Waals surface area contributed by atoms with Gasteiger partial charge in [-0.1, -0.05) is 6.07 Å². The average molecular weight is 428 g/mol. The SMILES string of the molecule is COc1cc(CO[C@@H]2CCNC2)ccc1-c1cc(Nc2cnc(C#N)cn2)n[nH]1.Cl. The standard InChI is InChI=1S/C20H21N7O2.ClH/c1-28-18-6-13(12-29-15-4-5-22-10-15)2-3-16(18)17-7-19(27-26-17)25-20-11-23-14(8-21)9-24-20;/h2-3,6-7,9,11,15,22H,4-5,10,12H2,1H3,(H2,24,25,26,27);1H/t15-;/m1./s1. The van der Waals surface area contributed by atoms with E-state index in [9.17, 15) is 0 Å². The Bertz CT molecular complexity index is 1010. The molecular weight excluding hydrogens is 406 g/mol. The summed E-state index contributed by atoms with van der Waals surface area (Å²) in [6.45, 7) is 2.47. The summed E-state index contributed by atoms with van der Waals surface area (Å²) in [5, 5.41) is 22.4. The maximum atomic E-state index is 8.79. The molecule has 30 heavy (non-hydrogen) atoms. The number of hydrogen-bond acceptors (Lipinski definition) is 8. The van der Waals surface area contributed by atoms with E-state index in [1.165, 1.54) is 12.4 Å². The Hall–Kier alpha value is -3.19. The Morgan fingerprint density at radius 1 is 1.23 bits per heavy atom. The van der Waals surface area contributed by atoms with Crippen molar-refractivity contribution >= 4 is 24.0 Å². The Kier molecular flexibility index (Phi) is 7.19. The van der Waals surface area contributed by atoms with E-state index in [0.717, 1.165) is 42.1 Å². The van der Waals surface area contributed by atoms with Gasteiger partial charge in [0.15, 0.2) is 11.5 Å². The van der Waals surface area contributed by atoms with Crippen LogP contribution in [0.5, 0.6) is 5.75 Å². The summed E-state index contributed by atoms with van der Waals surface area (Å²) >= 11 is 0. The van der Waals surface area contributed by atoms with Gasteiger partial charge in [0, 0.05) is 18.2 Å². The van der Waals surface area contributed by atoms with E-state index >= 15 is 0 Å². The van der Waals surface area contributed by atoms with Crippen LogP contribution in [0.2, 0.25) is 0 Å². The maximum absolute atomic E-state index is 8.79. The quantitative estimate of drug-likeness (QED) is 0.526. The topological polar surface area (TPSA) is 121 Å². The fourth-order valence-electron chi connectivity index (χ4n) is 3.14. The molecule has 1 aliphatic rings. The van der Waals surface area contributed by atoms with Crippen molar-refractivity contribution in [3.63, 3.8) is 0 Å². The van der Waals surface area contributed by atoms with Crippen LogP contribution < -0.4 is 15.4 Å². The smallest absolute Gasteiger partial charge is 0.158 e. The second-order valence-electron chi connectivity index (χ2n) is 6.65. The fourth-order valence-corrected chi connectivity index (χ4v) is 3.14. The van der Waals surface area contributed by atoms with Gasteiger partial charge >= 0.3 is 0 Å². The van der Waals surface area contributed by atoms with Crippen LogP contribution in [0.4, 0.5) is 11.6 Å². The number of nitrogens with zero attached hydrogens (tertiary/aromatic N) is 4. The van der Waals surface area contributed by atoms with Crippen LogP contribution in [0.15, 0.2) is 36.7 Å². The largest absolute Gasteiger partial charge is 0.496 e. The number of H-pyrrole nitrogens is 1. The molecule has 0 radical (unpaired) electrons. The highest BCUT2D eigenvalue weighted by Gasteiger charge is 2.16. The monoisotopic (exact) mass is 427 g/mol. The van der Waals surface area contributed by atoms with Crippen molar-refractivity contribution in [3.8, 4) is 23.1 Å². The average Bonchev–Trinajstić information content (AvgIpc) is 3.45. The first kappa shape index (κ1) is 21.5. The van der Waals surface area contributed by atoms with Gasteiger partial charge in [0.2, 0.25) is 0 Å². The van der Waals surface area contributed by atoms with Crippen molar-refractivity contribution in [2.75, 3.05) is 25.5 Å². The molecule has 9 nitrogen and oxygen atoms in total. The van der Waals surface area contributed by atoms with Crippen LogP contribution in [0, 0.1) is 11.3 Å². The number of nitriles is 1. The molecule has 1 atom stereocenters. The van der Waals surface area contributed by atoms with E-state index in [4.69, 9.17) is 14.7 Å². The van der Waals surface area contributed by atoms with Crippen molar-refractivity contribution < 1.29 is 9.47 Å². The summed E-state index contributed by atoms with van der Waals surface area (Å²) in [5.41, 5.74) is 3.02. The van der Waals surface area contributed by atoms with E-state index in [1.807, 2.05) is 30.3 Å². The molecule has 1 aromatic carbocycles. The van der Waals surface area contributed by atoms with E-state index in [0.29, 0.717) is 18.2 Å². The zero-order valence-electron chi connectivity index (χ0n) is 16.4. The molecule has 1 aliphatic heterocycles. The van der Waals surface area contributed by atoms with E-state index in [-0.39, 0.29) is 24.2 Å². The number of nitrogens with one attached hydrogen (secondary N) is 3.